The fourth-order valence-corrected chi connectivity index (χ4v) is 4.98. The Bertz CT molecular complexity index is 758. The number of carbonyl (C=O) groups excluding carboxylic acids is 2. The second-order valence-electron chi connectivity index (χ2n) is 11.4. The second-order valence-corrected chi connectivity index (χ2v) is 11.4. The summed E-state index contributed by atoms with van der Waals surface area (Å²) < 4.78 is 11.5. The third kappa shape index (κ3) is 11.0. The van der Waals surface area contributed by atoms with E-state index >= 15 is 0 Å². The third-order valence-corrected chi connectivity index (χ3v) is 7.13. The summed E-state index contributed by atoms with van der Waals surface area (Å²) in [4.78, 5) is 25.5. The average molecular weight is 489 g/mol. The van der Waals surface area contributed by atoms with Crippen LogP contribution in [0.15, 0.2) is 24.3 Å². The summed E-state index contributed by atoms with van der Waals surface area (Å²) >= 11 is 0. The van der Waals surface area contributed by atoms with Crippen LogP contribution in [0.3, 0.4) is 0 Å². The number of phenolic OH excluding ortho intramolecular Hbond substituents is 1. The van der Waals surface area contributed by atoms with Crippen LogP contribution in [0.5, 0.6) is 5.75 Å². The van der Waals surface area contributed by atoms with Gasteiger partial charge in [0.1, 0.15) is 17.5 Å². The fourth-order valence-electron chi connectivity index (χ4n) is 4.98. The molecule has 0 spiro atoms. The summed E-state index contributed by atoms with van der Waals surface area (Å²) in [5, 5.41) is 9.59. The molecule has 35 heavy (non-hydrogen) atoms. The van der Waals surface area contributed by atoms with Crippen LogP contribution in [0.1, 0.15) is 123 Å². The Morgan fingerprint density at radius 2 is 1.54 bits per heavy atom. The van der Waals surface area contributed by atoms with Crippen LogP contribution >= 0.6 is 0 Å². The van der Waals surface area contributed by atoms with Crippen molar-refractivity contribution >= 4 is 11.9 Å². The fraction of sp³-hybridized carbons (Fsp3) is 0.733. The van der Waals surface area contributed by atoms with Crippen LogP contribution in [-0.2, 0) is 19.1 Å². The van der Waals surface area contributed by atoms with Crippen LogP contribution < -0.4 is 0 Å². The van der Waals surface area contributed by atoms with Crippen molar-refractivity contribution in [3.8, 4) is 5.75 Å². The van der Waals surface area contributed by atoms with E-state index < -0.39 is 5.60 Å². The van der Waals surface area contributed by atoms with Crippen molar-refractivity contribution in [3.63, 3.8) is 0 Å². The molecule has 1 N–H and O–H groups in total. The lowest BCUT2D eigenvalue weighted by molar-refractivity contribution is -0.159. The van der Waals surface area contributed by atoms with E-state index in [-0.39, 0.29) is 35.6 Å². The van der Waals surface area contributed by atoms with Gasteiger partial charge in [0.15, 0.2) is 0 Å². The van der Waals surface area contributed by atoms with Crippen LogP contribution in [-0.4, -0.2) is 28.8 Å². The van der Waals surface area contributed by atoms with Gasteiger partial charge < -0.3 is 14.6 Å². The van der Waals surface area contributed by atoms with Crippen LogP contribution in [0.2, 0.25) is 0 Å². The second kappa shape index (κ2) is 14.5. The van der Waals surface area contributed by atoms with E-state index in [1.807, 2.05) is 39.8 Å². The van der Waals surface area contributed by atoms with E-state index in [2.05, 4.69) is 6.92 Å². The normalized spacial score (nSPS) is 17.4. The molecule has 0 aliphatic heterocycles. The minimum Gasteiger partial charge on any atom is -0.508 e. The van der Waals surface area contributed by atoms with Gasteiger partial charge in [-0.2, -0.15) is 0 Å². The van der Waals surface area contributed by atoms with Crippen LogP contribution in [0, 0.1) is 11.8 Å². The highest BCUT2D eigenvalue weighted by atomic mass is 16.6. The number of hydrogen-bond acceptors (Lipinski definition) is 5. The van der Waals surface area contributed by atoms with Crippen molar-refractivity contribution in [1.29, 1.82) is 0 Å². The molecule has 0 amide bonds. The molecule has 5 heteroatoms. The quantitative estimate of drug-likeness (QED) is 0.288. The topological polar surface area (TPSA) is 72.8 Å². The molecular formula is C30H48O5. The third-order valence-electron chi connectivity index (χ3n) is 7.13. The van der Waals surface area contributed by atoms with Gasteiger partial charge in [-0.3, -0.25) is 9.59 Å². The molecule has 1 fully saturated rings. The van der Waals surface area contributed by atoms with Crippen molar-refractivity contribution in [2.45, 2.75) is 129 Å². The van der Waals surface area contributed by atoms with Gasteiger partial charge in [0.25, 0.3) is 0 Å². The maximum Gasteiger partial charge on any atom is 0.309 e. The molecular weight excluding hydrogens is 440 g/mol. The minimum absolute atomic E-state index is 0.0560. The van der Waals surface area contributed by atoms with Crippen molar-refractivity contribution in [3.05, 3.63) is 29.8 Å². The summed E-state index contributed by atoms with van der Waals surface area (Å²) in [7, 11) is 0. The minimum atomic E-state index is -0.481. The molecule has 2 rings (SSSR count). The Labute approximate surface area is 213 Å². The van der Waals surface area contributed by atoms with Gasteiger partial charge >= 0.3 is 11.9 Å². The lowest BCUT2D eigenvalue weighted by atomic mass is 9.87. The Balaban J connectivity index is 1.91. The first-order valence-electron chi connectivity index (χ1n) is 13.8. The molecule has 1 aliphatic carbocycles. The van der Waals surface area contributed by atoms with Gasteiger partial charge in [-0.15, -0.1) is 0 Å². The summed E-state index contributed by atoms with van der Waals surface area (Å²) in [5.41, 5.74) is 0.753. The standard InChI is InChI=1S/C30H48O5/c1-6-23(24-18-20-26(31)21-19-24)13-11-15-25(29(33)34-27-16-8-7-9-17-27)14-10-12-22(2)28(32)35-30(3,4)5/h18-23,25,27,31H,6-17H2,1-5H3. The number of esters is 2. The SMILES string of the molecule is CCC(CCCC(CCCC(C)C(=O)OC(C)(C)C)C(=O)OC1CCCCC1)c1ccc(O)cc1. The molecule has 1 aliphatic rings. The van der Waals surface area contributed by atoms with E-state index in [1.165, 1.54) is 12.0 Å². The number of carbonyl (C=O) groups is 2. The Hall–Kier alpha value is -2.04. The Morgan fingerprint density at radius 3 is 2.11 bits per heavy atom. The first-order valence-corrected chi connectivity index (χ1v) is 13.8. The predicted octanol–water partition coefficient (Wildman–Crippen LogP) is 7.70. The van der Waals surface area contributed by atoms with Crippen LogP contribution in [0.25, 0.3) is 0 Å². The van der Waals surface area contributed by atoms with E-state index in [1.54, 1.807) is 12.1 Å². The Kier molecular flexibility index (Phi) is 12.1. The number of phenols is 1. The molecule has 198 valence electrons. The van der Waals surface area contributed by atoms with Crippen molar-refractivity contribution in [2.24, 2.45) is 11.8 Å². The largest absolute Gasteiger partial charge is 0.508 e. The van der Waals surface area contributed by atoms with Gasteiger partial charge in [0.05, 0.1) is 11.8 Å². The molecule has 0 heterocycles. The first kappa shape index (κ1) is 29.2. The molecule has 1 aromatic rings. The molecule has 5 nitrogen and oxygen atoms in total. The first-order chi connectivity index (χ1) is 16.6. The summed E-state index contributed by atoms with van der Waals surface area (Å²) in [6, 6.07) is 7.48. The smallest absolute Gasteiger partial charge is 0.309 e. The molecule has 0 saturated heterocycles. The van der Waals surface area contributed by atoms with E-state index in [9.17, 15) is 14.7 Å². The van der Waals surface area contributed by atoms with E-state index in [0.717, 1.165) is 64.2 Å². The molecule has 0 aromatic heterocycles. The van der Waals surface area contributed by atoms with Gasteiger partial charge in [-0.05, 0) is 102 Å². The number of rotatable bonds is 13. The van der Waals surface area contributed by atoms with Gasteiger partial charge in [-0.25, -0.2) is 0 Å². The molecule has 1 aromatic carbocycles. The lowest BCUT2D eigenvalue weighted by Crippen LogP contribution is -2.28. The van der Waals surface area contributed by atoms with Crippen molar-refractivity contribution in [1.82, 2.24) is 0 Å². The number of benzene rings is 1. The zero-order valence-corrected chi connectivity index (χ0v) is 22.7. The highest BCUT2D eigenvalue weighted by Gasteiger charge is 2.26. The number of hydrogen-bond donors (Lipinski definition) is 1. The maximum atomic E-state index is 13.1. The van der Waals surface area contributed by atoms with E-state index in [4.69, 9.17) is 9.47 Å². The highest BCUT2D eigenvalue weighted by molar-refractivity contribution is 5.73. The Morgan fingerprint density at radius 1 is 0.943 bits per heavy atom. The van der Waals surface area contributed by atoms with Gasteiger partial charge in [-0.1, -0.05) is 45.2 Å². The van der Waals surface area contributed by atoms with Crippen molar-refractivity contribution in [2.75, 3.05) is 0 Å². The van der Waals surface area contributed by atoms with Crippen molar-refractivity contribution < 1.29 is 24.2 Å². The molecule has 3 atom stereocenters. The zero-order valence-electron chi connectivity index (χ0n) is 22.7. The maximum absolute atomic E-state index is 13.1. The predicted molar refractivity (Wildman–Crippen MR) is 140 cm³/mol. The van der Waals surface area contributed by atoms with Gasteiger partial charge in [0, 0.05) is 0 Å². The lowest BCUT2D eigenvalue weighted by Gasteiger charge is -2.25. The number of aromatic hydroxyl groups is 1. The monoisotopic (exact) mass is 488 g/mol. The molecule has 1 saturated carbocycles. The summed E-state index contributed by atoms with van der Waals surface area (Å²) in [6.45, 7) is 9.75. The van der Waals surface area contributed by atoms with Crippen LogP contribution in [0.4, 0.5) is 0 Å². The molecule has 3 unspecified atom stereocenters. The van der Waals surface area contributed by atoms with Gasteiger partial charge in [0.2, 0.25) is 0 Å². The highest BCUT2D eigenvalue weighted by Crippen LogP contribution is 2.30. The summed E-state index contributed by atoms with van der Waals surface area (Å²) in [5.74, 6) is 0.175. The summed E-state index contributed by atoms with van der Waals surface area (Å²) in [6.07, 6.45) is 11.6. The average Bonchev–Trinajstić information content (AvgIpc) is 2.80. The number of ether oxygens (including phenoxy) is 2. The molecule has 0 radical (unpaired) electrons. The molecule has 0 bridgehead atoms. The zero-order chi connectivity index (χ0) is 25.8. The van der Waals surface area contributed by atoms with E-state index in [0.29, 0.717) is 12.3 Å².